The molecular weight excluding hydrogens is 341 g/mol. The largest absolute Gasteiger partial charge is 0.444 e. The minimum Gasteiger partial charge on any atom is -0.444 e. The highest BCUT2D eigenvalue weighted by molar-refractivity contribution is 8.45. The monoisotopic (exact) mass is 353 g/mol. The average Bonchev–Trinajstić information content (AvgIpc) is 2.14. The lowest BCUT2D eigenvalue weighted by atomic mass is 10.2. The molecule has 0 saturated carbocycles. The molecule has 0 heterocycles. The number of amides is 1. The first-order valence-corrected chi connectivity index (χ1v) is 7.84. The molecule has 0 radical (unpaired) electrons. The first kappa shape index (κ1) is 17.8. The van der Waals surface area contributed by atoms with E-state index in [9.17, 15) is 24.2 Å². The molecule has 122 valence electrons. The molecule has 0 unspecified atom stereocenters. The molecule has 3 nitrogen and oxygen atoms in total. The van der Waals surface area contributed by atoms with Crippen LogP contribution in [0.25, 0.3) is 0 Å². The average molecular weight is 354 g/mol. The standard InChI is InChI=1S/C11H13ClF5NO2S/c1-11(2,3)20-10(19)18-9-5-4-7(6-8(9)12)21(13,14,15,16)17/h4-6H,1-3H3,(H,18,19). The third-order valence-electron chi connectivity index (χ3n) is 2.02. The Bertz CT molecular complexity index is 582. The molecule has 10 heteroatoms. The number of carbonyl (C=O) groups excluding carboxylic acids is 1. The highest BCUT2D eigenvalue weighted by atomic mass is 35.5. The van der Waals surface area contributed by atoms with Crippen LogP contribution in [0.5, 0.6) is 0 Å². The third-order valence-corrected chi connectivity index (χ3v) is 3.48. The maximum atomic E-state index is 12.6. The van der Waals surface area contributed by atoms with E-state index in [-0.39, 0.29) is 17.8 Å². The Balaban J connectivity index is 3.04. The molecule has 1 N–H and O–H groups in total. The third kappa shape index (κ3) is 5.58. The summed E-state index contributed by atoms with van der Waals surface area (Å²) in [6.07, 6.45) is -0.968. The molecule has 0 atom stereocenters. The van der Waals surface area contributed by atoms with Crippen molar-refractivity contribution in [3.8, 4) is 0 Å². The number of nitrogens with one attached hydrogen (secondary N) is 1. The van der Waals surface area contributed by atoms with Crippen molar-refractivity contribution in [3.05, 3.63) is 23.2 Å². The molecule has 0 aliphatic rings. The molecule has 0 fully saturated rings. The minimum absolute atomic E-state index is 0.0653. The Kier molecular flexibility index (Phi) is 3.73. The van der Waals surface area contributed by atoms with Gasteiger partial charge in [0.15, 0.2) is 0 Å². The molecule has 0 saturated heterocycles. The van der Waals surface area contributed by atoms with Crippen molar-refractivity contribution in [2.45, 2.75) is 31.3 Å². The summed E-state index contributed by atoms with van der Waals surface area (Å²) >= 11 is 5.49. The highest BCUT2D eigenvalue weighted by Gasteiger charge is 2.65. The van der Waals surface area contributed by atoms with Gasteiger partial charge < -0.3 is 4.74 Å². The van der Waals surface area contributed by atoms with Crippen LogP contribution in [0.2, 0.25) is 5.02 Å². The summed E-state index contributed by atoms with van der Waals surface area (Å²) in [5.41, 5.74) is -1.10. The van der Waals surface area contributed by atoms with Crippen molar-refractivity contribution >= 4 is 33.6 Å². The Hall–Kier alpha value is -1.22. The number of halogens is 6. The second kappa shape index (κ2) is 4.39. The van der Waals surface area contributed by atoms with Crippen molar-refractivity contribution in [3.63, 3.8) is 0 Å². The number of hydrogen-bond donors (Lipinski definition) is 1. The van der Waals surface area contributed by atoms with Gasteiger partial charge in [0.25, 0.3) is 0 Å². The van der Waals surface area contributed by atoms with Gasteiger partial charge in [-0.1, -0.05) is 31.0 Å². The molecule has 0 aromatic heterocycles. The lowest BCUT2D eigenvalue weighted by Gasteiger charge is -2.40. The fraction of sp³-hybridized carbons (Fsp3) is 0.364. The molecule has 0 aliphatic heterocycles. The maximum absolute atomic E-state index is 12.6. The first-order chi connectivity index (χ1) is 8.98. The summed E-state index contributed by atoms with van der Waals surface area (Å²) in [5.74, 6) is 0. The number of rotatable bonds is 2. The molecule has 1 rings (SSSR count). The van der Waals surface area contributed by atoms with E-state index in [4.69, 9.17) is 16.3 Å². The zero-order valence-electron chi connectivity index (χ0n) is 11.2. The van der Waals surface area contributed by atoms with Crippen LogP contribution in [-0.4, -0.2) is 11.7 Å². The molecule has 0 bridgehead atoms. The second-order valence-corrected chi connectivity index (χ2v) is 8.05. The summed E-state index contributed by atoms with van der Waals surface area (Å²) in [6, 6.07) is 0.857. The summed E-state index contributed by atoms with van der Waals surface area (Å²) in [5, 5.41) is 1.40. The van der Waals surface area contributed by atoms with Gasteiger partial charge in [-0.05, 0) is 39.0 Å². The molecule has 0 spiro atoms. The van der Waals surface area contributed by atoms with Crippen LogP contribution in [0.15, 0.2) is 23.1 Å². The Labute approximate surface area is 123 Å². The Morgan fingerprint density at radius 1 is 1.19 bits per heavy atom. The van der Waals surface area contributed by atoms with Gasteiger partial charge in [-0.2, -0.15) is 0 Å². The topological polar surface area (TPSA) is 38.3 Å². The van der Waals surface area contributed by atoms with Crippen molar-refractivity contribution in [2.24, 2.45) is 0 Å². The van der Waals surface area contributed by atoms with E-state index in [2.05, 4.69) is 5.32 Å². The van der Waals surface area contributed by atoms with Crippen molar-refractivity contribution in [2.75, 3.05) is 5.32 Å². The number of benzene rings is 1. The number of hydrogen-bond acceptors (Lipinski definition) is 2. The molecular formula is C11H13ClF5NO2S. The Morgan fingerprint density at radius 2 is 1.71 bits per heavy atom. The van der Waals surface area contributed by atoms with E-state index in [1.54, 1.807) is 20.8 Å². The SMILES string of the molecule is CC(C)(C)OC(=O)Nc1ccc(S(F)(F)(F)(F)F)cc1Cl. The van der Waals surface area contributed by atoms with E-state index in [0.717, 1.165) is 0 Å². The fourth-order valence-corrected chi connectivity index (χ4v) is 2.21. The first-order valence-electron chi connectivity index (χ1n) is 5.52. The van der Waals surface area contributed by atoms with Crippen LogP contribution in [0.1, 0.15) is 20.8 Å². The normalized spacial score (nSPS) is 15.9. The predicted octanol–water partition coefficient (Wildman–Crippen LogP) is 6.34. The number of anilines is 1. The quantitative estimate of drug-likeness (QED) is 0.629. The number of carbonyl (C=O) groups is 1. The van der Waals surface area contributed by atoms with Gasteiger partial charge >= 0.3 is 16.3 Å². The van der Waals surface area contributed by atoms with Crippen LogP contribution in [0, 0.1) is 0 Å². The van der Waals surface area contributed by atoms with Crippen molar-refractivity contribution in [1.29, 1.82) is 0 Å². The highest BCUT2D eigenvalue weighted by Crippen LogP contribution is 3.02. The van der Waals surface area contributed by atoms with Gasteiger partial charge in [0.1, 0.15) is 10.5 Å². The lowest BCUT2D eigenvalue weighted by molar-refractivity contribution is 0.0636. The van der Waals surface area contributed by atoms with E-state index in [1.165, 1.54) is 0 Å². The predicted molar refractivity (Wildman–Crippen MR) is 72.7 cm³/mol. The van der Waals surface area contributed by atoms with E-state index in [1.807, 2.05) is 0 Å². The molecule has 1 amide bonds. The van der Waals surface area contributed by atoms with Gasteiger partial charge in [0.05, 0.1) is 10.7 Å². The zero-order valence-corrected chi connectivity index (χ0v) is 12.8. The van der Waals surface area contributed by atoms with Crippen LogP contribution in [0.4, 0.5) is 29.9 Å². The molecule has 0 aliphatic carbocycles. The molecule has 1 aromatic rings. The Morgan fingerprint density at radius 3 is 2.10 bits per heavy atom. The van der Waals surface area contributed by atoms with Crippen molar-refractivity contribution in [1.82, 2.24) is 0 Å². The van der Waals surface area contributed by atoms with E-state index >= 15 is 0 Å². The minimum atomic E-state index is -9.80. The van der Waals surface area contributed by atoms with E-state index < -0.39 is 31.8 Å². The number of ether oxygens (including phenoxy) is 1. The molecule has 1 aromatic carbocycles. The summed E-state index contributed by atoms with van der Waals surface area (Å²) < 4.78 is 67.7. The fourth-order valence-electron chi connectivity index (χ4n) is 1.25. The van der Waals surface area contributed by atoms with Gasteiger partial charge in [0, 0.05) is 0 Å². The summed E-state index contributed by atoms with van der Waals surface area (Å²) in [4.78, 5) is 9.30. The smallest absolute Gasteiger partial charge is 0.412 e. The van der Waals surface area contributed by atoms with Crippen LogP contribution in [0.3, 0.4) is 0 Å². The zero-order chi connectivity index (χ0) is 16.8. The summed E-state index contributed by atoms with van der Waals surface area (Å²) in [6.45, 7) is 4.72. The molecule has 21 heavy (non-hydrogen) atoms. The van der Waals surface area contributed by atoms with Gasteiger partial charge in [-0.15, -0.1) is 0 Å². The van der Waals surface area contributed by atoms with Crippen LogP contribution >= 0.6 is 21.8 Å². The maximum Gasteiger partial charge on any atom is 0.412 e. The van der Waals surface area contributed by atoms with Gasteiger partial charge in [0.2, 0.25) is 0 Å². The summed E-state index contributed by atoms with van der Waals surface area (Å²) in [7, 11) is -9.80. The van der Waals surface area contributed by atoms with E-state index in [0.29, 0.717) is 6.07 Å². The lowest BCUT2D eigenvalue weighted by Crippen LogP contribution is -2.27. The van der Waals surface area contributed by atoms with Gasteiger partial charge in [-0.25, -0.2) is 4.79 Å². The van der Waals surface area contributed by atoms with Crippen LogP contribution < -0.4 is 5.32 Å². The van der Waals surface area contributed by atoms with Gasteiger partial charge in [-0.3, -0.25) is 5.32 Å². The second-order valence-electron chi connectivity index (χ2n) is 5.24. The van der Waals surface area contributed by atoms with Crippen molar-refractivity contribution < 1.29 is 29.0 Å². The van der Waals surface area contributed by atoms with Crippen LogP contribution in [-0.2, 0) is 4.74 Å².